The molecule has 0 heterocycles. The van der Waals surface area contributed by atoms with Crippen molar-refractivity contribution >= 4 is 45.1 Å². The van der Waals surface area contributed by atoms with Crippen molar-refractivity contribution in [3.63, 3.8) is 0 Å². The Bertz CT molecular complexity index is 380. The number of hydrogen-bond acceptors (Lipinski definition) is 2. The normalized spacial score (nSPS) is 10.1. The molecule has 1 aromatic rings. The second-order valence-corrected chi connectivity index (χ2v) is 4.44. The molecule has 0 saturated carbocycles. The third kappa shape index (κ3) is 3.37. The average Bonchev–Trinajstić information content (AvgIpc) is 2.24. The minimum absolute atomic E-state index is 0.151. The summed E-state index contributed by atoms with van der Waals surface area (Å²) in [5.41, 5.74) is 1.63. The van der Waals surface area contributed by atoms with Crippen LogP contribution in [-0.2, 0) is 21.8 Å². The number of rotatable bonds is 3. The van der Waals surface area contributed by atoms with Crippen LogP contribution in [0.3, 0.4) is 0 Å². The van der Waals surface area contributed by atoms with Gasteiger partial charge in [-0.2, -0.15) is 0 Å². The highest BCUT2D eigenvalue weighted by Crippen LogP contribution is 2.29. The van der Waals surface area contributed by atoms with E-state index in [1.165, 1.54) is 7.11 Å². The molecule has 1 aromatic carbocycles. The van der Waals surface area contributed by atoms with Crippen molar-refractivity contribution in [1.82, 2.24) is 0 Å². The van der Waals surface area contributed by atoms with Crippen LogP contribution in [0.5, 0.6) is 0 Å². The summed E-state index contributed by atoms with van der Waals surface area (Å²) >= 11 is 15.0. The predicted octanol–water partition coefficient (Wildman–Crippen LogP) is 3.56. The van der Waals surface area contributed by atoms with Gasteiger partial charge in [0.15, 0.2) is 0 Å². The lowest BCUT2D eigenvalue weighted by atomic mass is 10.1. The fourth-order valence-electron chi connectivity index (χ4n) is 1.14. The molecule has 0 aliphatic carbocycles. The lowest BCUT2D eigenvalue weighted by molar-refractivity contribution is -0.139. The lowest BCUT2D eigenvalue weighted by Crippen LogP contribution is -2.05. The third-order valence-corrected chi connectivity index (χ3v) is 3.49. The highest BCUT2D eigenvalue weighted by molar-refractivity contribution is 9.10. The van der Waals surface area contributed by atoms with Crippen molar-refractivity contribution in [2.75, 3.05) is 7.11 Å². The highest BCUT2D eigenvalue weighted by Gasteiger charge is 2.11. The Labute approximate surface area is 107 Å². The molecular formula is C10H9BrCl2O2. The molecule has 0 fully saturated rings. The molecule has 2 nitrogen and oxygen atoms in total. The van der Waals surface area contributed by atoms with E-state index in [0.717, 1.165) is 10.0 Å². The minimum Gasteiger partial charge on any atom is -0.469 e. The van der Waals surface area contributed by atoms with Gasteiger partial charge in [-0.15, -0.1) is 11.6 Å². The van der Waals surface area contributed by atoms with Gasteiger partial charge in [0.1, 0.15) is 0 Å². The summed E-state index contributed by atoms with van der Waals surface area (Å²) in [4.78, 5) is 11.1. The lowest BCUT2D eigenvalue weighted by Gasteiger charge is -2.07. The Kier molecular flexibility index (Phi) is 4.90. The van der Waals surface area contributed by atoms with Crippen molar-refractivity contribution in [1.29, 1.82) is 0 Å². The van der Waals surface area contributed by atoms with E-state index in [4.69, 9.17) is 23.2 Å². The maximum absolute atomic E-state index is 11.1. The van der Waals surface area contributed by atoms with E-state index in [9.17, 15) is 4.79 Å². The quantitative estimate of drug-likeness (QED) is 0.630. The molecule has 0 radical (unpaired) electrons. The van der Waals surface area contributed by atoms with Gasteiger partial charge >= 0.3 is 5.97 Å². The summed E-state index contributed by atoms with van der Waals surface area (Å²) in [6.07, 6.45) is 0.151. The topological polar surface area (TPSA) is 26.3 Å². The molecule has 0 unspecified atom stereocenters. The van der Waals surface area contributed by atoms with E-state index in [2.05, 4.69) is 20.7 Å². The number of esters is 1. The molecule has 0 atom stereocenters. The van der Waals surface area contributed by atoms with Crippen LogP contribution in [0, 0.1) is 0 Å². The molecule has 1 rings (SSSR count). The largest absolute Gasteiger partial charge is 0.469 e. The van der Waals surface area contributed by atoms with Gasteiger partial charge in [0.25, 0.3) is 0 Å². The minimum atomic E-state index is -0.324. The SMILES string of the molecule is COC(=O)Cc1cc(CCl)cc(Br)c1Cl. The molecule has 0 aliphatic heterocycles. The molecule has 82 valence electrons. The molecule has 15 heavy (non-hydrogen) atoms. The summed E-state index contributed by atoms with van der Waals surface area (Å²) in [6, 6.07) is 3.63. The molecule has 0 N–H and O–H groups in total. The number of carbonyl (C=O) groups is 1. The van der Waals surface area contributed by atoms with Crippen molar-refractivity contribution in [3.8, 4) is 0 Å². The zero-order chi connectivity index (χ0) is 11.4. The highest BCUT2D eigenvalue weighted by atomic mass is 79.9. The fraction of sp³-hybridized carbons (Fsp3) is 0.300. The molecule has 0 bridgehead atoms. The second-order valence-electron chi connectivity index (χ2n) is 2.94. The first-order valence-electron chi connectivity index (χ1n) is 4.18. The smallest absolute Gasteiger partial charge is 0.310 e. The van der Waals surface area contributed by atoms with Crippen LogP contribution in [-0.4, -0.2) is 13.1 Å². The van der Waals surface area contributed by atoms with Gasteiger partial charge in [-0.25, -0.2) is 0 Å². The average molecular weight is 312 g/mol. The zero-order valence-corrected chi connectivity index (χ0v) is 11.1. The monoisotopic (exact) mass is 310 g/mol. The van der Waals surface area contributed by atoms with Crippen LogP contribution in [0.15, 0.2) is 16.6 Å². The summed E-state index contributed by atoms with van der Waals surface area (Å²) in [6.45, 7) is 0. The van der Waals surface area contributed by atoms with E-state index >= 15 is 0 Å². The van der Waals surface area contributed by atoms with Crippen LogP contribution in [0.2, 0.25) is 5.02 Å². The molecule has 0 aromatic heterocycles. The van der Waals surface area contributed by atoms with E-state index in [0.29, 0.717) is 16.5 Å². The number of methoxy groups -OCH3 is 1. The van der Waals surface area contributed by atoms with Gasteiger partial charge in [0, 0.05) is 10.4 Å². The van der Waals surface area contributed by atoms with Gasteiger partial charge in [0.05, 0.1) is 18.6 Å². The van der Waals surface area contributed by atoms with Gasteiger partial charge < -0.3 is 4.74 Å². The summed E-state index contributed by atoms with van der Waals surface area (Å²) in [5, 5.41) is 0.522. The maximum atomic E-state index is 11.1. The predicted molar refractivity (Wildman–Crippen MR) is 64.4 cm³/mol. The first-order valence-corrected chi connectivity index (χ1v) is 5.88. The van der Waals surface area contributed by atoms with E-state index in [-0.39, 0.29) is 12.4 Å². The number of carbonyl (C=O) groups excluding carboxylic acids is 1. The van der Waals surface area contributed by atoms with Crippen molar-refractivity contribution < 1.29 is 9.53 Å². The number of alkyl halides is 1. The Morgan fingerprint density at radius 2 is 2.20 bits per heavy atom. The Morgan fingerprint density at radius 3 is 2.73 bits per heavy atom. The zero-order valence-electron chi connectivity index (χ0n) is 8.02. The number of ether oxygens (including phenoxy) is 1. The Hall–Kier alpha value is -0.250. The fourth-order valence-corrected chi connectivity index (χ4v) is 2.02. The van der Waals surface area contributed by atoms with E-state index < -0.39 is 0 Å². The van der Waals surface area contributed by atoms with Gasteiger partial charge in [-0.05, 0) is 33.1 Å². The van der Waals surface area contributed by atoms with Gasteiger partial charge in [-0.3, -0.25) is 4.79 Å². The van der Waals surface area contributed by atoms with Gasteiger partial charge in [-0.1, -0.05) is 17.7 Å². The number of hydrogen-bond donors (Lipinski definition) is 0. The summed E-state index contributed by atoms with van der Waals surface area (Å²) < 4.78 is 5.31. The first kappa shape index (κ1) is 12.8. The number of benzene rings is 1. The van der Waals surface area contributed by atoms with Crippen LogP contribution in [0.1, 0.15) is 11.1 Å². The standard InChI is InChI=1S/C10H9BrCl2O2/c1-15-9(14)4-7-2-6(5-12)3-8(11)10(7)13/h2-3H,4-5H2,1H3. The van der Waals surface area contributed by atoms with Crippen LogP contribution in [0.4, 0.5) is 0 Å². The van der Waals surface area contributed by atoms with E-state index in [1.54, 1.807) is 6.07 Å². The number of halogens is 3. The Morgan fingerprint density at radius 1 is 1.53 bits per heavy atom. The second kappa shape index (κ2) is 5.73. The third-order valence-electron chi connectivity index (χ3n) is 1.88. The van der Waals surface area contributed by atoms with Gasteiger partial charge in [0.2, 0.25) is 0 Å². The van der Waals surface area contributed by atoms with Crippen LogP contribution in [0.25, 0.3) is 0 Å². The molecule has 0 aliphatic rings. The molecule has 0 saturated heterocycles. The summed E-state index contributed by atoms with van der Waals surface area (Å²) in [5.74, 6) is 0.0553. The first-order chi connectivity index (χ1) is 7.08. The Balaban J connectivity index is 3.05. The summed E-state index contributed by atoms with van der Waals surface area (Å²) in [7, 11) is 1.34. The van der Waals surface area contributed by atoms with Crippen molar-refractivity contribution in [2.24, 2.45) is 0 Å². The van der Waals surface area contributed by atoms with Crippen LogP contribution < -0.4 is 0 Å². The molecule has 5 heteroatoms. The van der Waals surface area contributed by atoms with Crippen molar-refractivity contribution in [2.45, 2.75) is 12.3 Å². The maximum Gasteiger partial charge on any atom is 0.310 e. The van der Waals surface area contributed by atoms with Crippen LogP contribution >= 0.6 is 39.1 Å². The molecule has 0 amide bonds. The van der Waals surface area contributed by atoms with E-state index in [1.807, 2.05) is 6.07 Å². The van der Waals surface area contributed by atoms with Crippen molar-refractivity contribution in [3.05, 3.63) is 32.8 Å². The molecule has 0 spiro atoms. The molecular weight excluding hydrogens is 303 g/mol.